The van der Waals surface area contributed by atoms with Crippen LogP contribution >= 0.6 is 0 Å². The highest BCUT2D eigenvalue weighted by Gasteiger charge is 1.99. The molecule has 5 nitrogen and oxygen atoms in total. The average Bonchev–Trinajstić information content (AvgIpc) is 1.63. The summed E-state index contributed by atoms with van der Waals surface area (Å²) in [6.45, 7) is 2.06. The molecular formula is C3H9NO4S. The van der Waals surface area contributed by atoms with Crippen molar-refractivity contribution in [3.8, 4) is 0 Å². The Bertz CT molecular complexity index is 151. The Balaban J connectivity index is 3.30. The minimum atomic E-state index is -4.17. The summed E-state index contributed by atoms with van der Waals surface area (Å²) >= 11 is 0. The molecule has 0 aromatic rings. The third kappa shape index (κ3) is 7.83. The SMILES string of the molecule is CCCONS(=O)(=O)O. The number of hydrogen-bond acceptors (Lipinski definition) is 3. The van der Waals surface area contributed by atoms with E-state index < -0.39 is 10.3 Å². The van der Waals surface area contributed by atoms with Crippen LogP contribution in [0.3, 0.4) is 0 Å². The van der Waals surface area contributed by atoms with Crippen LogP contribution in [0.1, 0.15) is 13.3 Å². The molecule has 0 aromatic carbocycles. The monoisotopic (exact) mass is 155 g/mol. The second kappa shape index (κ2) is 3.78. The summed E-state index contributed by atoms with van der Waals surface area (Å²) in [6, 6.07) is 0. The van der Waals surface area contributed by atoms with Crippen molar-refractivity contribution in [3.05, 3.63) is 0 Å². The molecule has 9 heavy (non-hydrogen) atoms. The number of rotatable bonds is 4. The van der Waals surface area contributed by atoms with Crippen LogP contribution in [-0.2, 0) is 15.1 Å². The van der Waals surface area contributed by atoms with Crippen LogP contribution in [0.5, 0.6) is 0 Å². The maximum absolute atomic E-state index is 9.83. The maximum atomic E-state index is 9.83. The summed E-state index contributed by atoms with van der Waals surface area (Å²) in [6.07, 6.45) is 0.683. The Morgan fingerprint density at radius 1 is 1.67 bits per heavy atom. The summed E-state index contributed by atoms with van der Waals surface area (Å²) in [5.74, 6) is 0. The van der Waals surface area contributed by atoms with E-state index in [9.17, 15) is 8.42 Å². The van der Waals surface area contributed by atoms with Gasteiger partial charge in [-0.2, -0.15) is 8.42 Å². The molecule has 0 amide bonds. The molecule has 0 aliphatic heterocycles. The molecule has 0 saturated heterocycles. The minimum Gasteiger partial charge on any atom is -0.285 e. The lowest BCUT2D eigenvalue weighted by Gasteiger charge is -1.97. The van der Waals surface area contributed by atoms with Gasteiger partial charge in [0.25, 0.3) is 0 Å². The molecule has 56 valence electrons. The van der Waals surface area contributed by atoms with Crippen molar-refractivity contribution in [2.75, 3.05) is 6.61 Å². The van der Waals surface area contributed by atoms with Gasteiger partial charge in [0.1, 0.15) is 0 Å². The van der Waals surface area contributed by atoms with Crippen LogP contribution in [0, 0.1) is 0 Å². The summed E-state index contributed by atoms with van der Waals surface area (Å²) in [7, 11) is -4.17. The van der Waals surface area contributed by atoms with E-state index in [1.807, 2.05) is 6.92 Å². The summed E-state index contributed by atoms with van der Waals surface area (Å²) < 4.78 is 27.6. The molecule has 0 rings (SSSR count). The Morgan fingerprint density at radius 3 is 2.56 bits per heavy atom. The molecular weight excluding hydrogens is 146 g/mol. The van der Waals surface area contributed by atoms with Crippen LogP contribution in [0.2, 0.25) is 0 Å². The zero-order valence-corrected chi connectivity index (χ0v) is 5.81. The molecule has 0 saturated carbocycles. The number of nitrogens with one attached hydrogen (secondary N) is 1. The van der Waals surface area contributed by atoms with Gasteiger partial charge in [0, 0.05) is 0 Å². The molecule has 0 aliphatic carbocycles. The summed E-state index contributed by atoms with van der Waals surface area (Å²) in [5.41, 5.74) is 0. The largest absolute Gasteiger partial charge is 0.355 e. The van der Waals surface area contributed by atoms with Gasteiger partial charge in [-0.15, -0.1) is 0 Å². The summed E-state index contributed by atoms with van der Waals surface area (Å²) in [4.78, 5) is 5.71. The Morgan fingerprint density at radius 2 is 2.22 bits per heavy atom. The van der Waals surface area contributed by atoms with Crippen molar-refractivity contribution in [1.29, 1.82) is 0 Å². The first kappa shape index (κ1) is 8.83. The molecule has 0 spiro atoms. The Hall–Kier alpha value is -0.170. The van der Waals surface area contributed by atoms with Gasteiger partial charge in [-0.25, -0.2) is 0 Å². The van der Waals surface area contributed by atoms with Gasteiger partial charge in [0.15, 0.2) is 0 Å². The first-order valence-electron chi connectivity index (χ1n) is 2.42. The van der Waals surface area contributed by atoms with Crippen molar-refractivity contribution >= 4 is 10.3 Å². The molecule has 2 N–H and O–H groups in total. The fraction of sp³-hybridized carbons (Fsp3) is 1.00. The predicted molar refractivity (Wildman–Crippen MR) is 30.9 cm³/mol. The quantitative estimate of drug-likeness (QED) is 0.332. The van der Waals surface area contributed by atoms with Crippen LogP contribution in [-0.4, -0.2) is 19.6 Å². The molecule has 0 aromatic heterocycles. The van der Waals surface area contributed by atoms with E-state index >= 15 is 0 Å². The highest BCUT2D eigenvalue weighted by molar-refractivity contribution is 7.83. The summed E-state index contributed by atoms with van der Waals surface area (Å²) in [5, 5.41) is 0. The van der Waals surface area contributed by atoms with Gasteiger partial charge in [0.2, 0.25) is 0 Å². The van der Waals surface area contributed by atoms with Crippen LogP contribution in [0.25, 0.3) is 0 Å². The van der Waals surface area contributed by atoms with Crippen molar-refractivity contribution in [3.63, 3.8) is 0 Å². The van der Waals surface area contributed by atoms with E-state index in [-0.39, 0.29) is 6.61 Å². The van der Waals surface area contributed by atoms with Crippen LogP contribution < -0.4 is 4.89 Å². The second-order valence-electron chi connectivity index (χ2n) is 1.41. The third-order valence-corrected chi connectivity index (χ3v) is 0.799. The fourth-order valence-electron chi connectivity index (χ4n) is 0.218. The van der Waals surface area contributed by atoms with E-state index in [0.717, 1.165) is 0 Å². The molecule has 0 radical (unpaired) electrons. The predicted octanol–water partition coefficient (Wildman–Crippen LogP) is -0.280. The van der Waals surface area contributed by atoms with Crippen molar-refractivity contribution in [1.82, 2.24) is 4.89 Å². The zero-order valence-electron chi connectivity index (χ0n) is 4.99. The lowest BCUT2D eigenvalue weighted by molar-refractivity contribution is 0.0872. The molecule has 0 atom stereocenters. The van der Waals surface area contributed by atoms with Gasteiger partial charge in [-0.05, 0) is 6.42 Å². The lowest BCUT2D eigenvalue weighted by atomic mass is 10.5. The smallest absolute Gasteiger partial charge is 0.285 e. The first-order chi connectivity index (χ1) is 4.06. The van der Waals surface area contributed by atoms with Crippen molar-refractivity contribution < 1.29 is 17.8 Å². The minimum absolute atomic E-state index is 0.250. The van der Waals surface area contributed by atoms with Crippen LogP contribution in [0.15, 0.2) is 0 Å². The van der Waals surface area contributed by atoms with E-state index in [2.05, 4.69) is 4.84 Å². The maximum Gasteiger partial charge on any atom is 0.355 e. The van der Waals surface area contributed by atoms with E-state index in [4.69, 9.17) is 4.55 Å². The van der Waals surface area contributed by atoms with E-state index in [1.165, 1.54) is 4.89 Å². The molecule has 6 heteroatoms. The van der Waals surface area contributed by atoms with Crippen molar-refractivity contribution in [2.45, 2.75) is 13.3 Å². The molecule has 0 fully saturated rings. The topological polar surface area (TPSA) is 75.6 Å². The normalized spacial score (nSPS) is 11.8. The first-order valence-corrected chi connectivity index (χ1v) is 3.86. The van der Waals surface area contributed by atoms with Gasteiger partial charge < -0.3 is 0 Å². The van der Waals surface area contributed by atoms with Crippen molar-refractivity contribution in [2.24, 2.45) is 0 Å². The molecule has 0 aliphatic rings. The highest BCUT2D eigenvalue weighted by Crippen LogP contribution is 1.77. The zero-order chi connectivity index (χ0) is 7.33. The van der Waals surface area contributed by atoms with Gasteiger partial charge in [-0.3, -0.25) is 9.39 Å². The van der Waals surface area contributed by atoms with Gasteiger partial charge >= 0.3 is 10.3 Å². The van der Waals surface area contributed by atoms with E-state index in [0.29, 0.717) is 6.42 Å². The van der Waals surface area contributed by atoms with E-state index in [1.54, 1.807) is 0 Å². The fourth-order valence-corrected chi connectivity index (χ4v) is 0.450. The number of hydrogen-bond donors (Lipinski definition) is 2. The third-order valence-electron chi connectivity index (χ3n) is 0.470. The van der Waals surface area contributed by atoms with Gasteiger partial charge in [-0.1, -0.05) is 11.8 Å². The molecule has 0 unspecified atom stereocenters. The highest BCUT2D eigenvalue weighted by atomic mass is 32.2. The Kier molecular flexibility index (Phi) is 3.71. The molecule has 0 bridgehead atoms. The second-order valence-corrected chi connectivity index (χ2v) is 2.52. The van der Waals surface area contributed by atoms with Gasteiger partial charge in [0.05, 0.1) is 6.61 Å². The average molecular weight is 155 g/mol. The van der Waals surface area contributed by atoms with Crippen LogP contribution in [0.4, 0.5) is 0 Å². The Labute approximate surface area is 53.9 Å². The lowest BCUT2D eigenvalue weighted by Crippen LogP contribution is -2.23. The standard InChI is InChI=1S/C3H9NO4S/c1-2-3-8-4-9(5,6)7/h4H,2-3H2,1H3,(H,5,6,7). The molecule has 0 heterocycles.